The Morgan fingerprint density at radius 2 is 1.74 bits per heavy atom. The second-order valence-electron chi connectivity index (χ2n) is 5.81. The largest absolute Gasteiger partial charge is 0.315 e. The zero-order valence-corrected chi connectivity index (χ0v) is 13.2. The van der Waals surface area contributed by atoms with Gasteiger partial charge in [0.25, 0.3) is 0 Å². The van der Waals surface area contributed by atoms with Crippen molar-refractivity contribution >= 4 is 10.0 Å². The molecule has 4 nitrogen and oxygen atoms in total. The summed E-state index contributed by atoms with van der Waals surface area (Å²) in [6.07, 6.45) is 0. The molecule has 0 amide bonds. The third-order valence-corrected chi connectivity index (χ3v) is 5.12. The third-order valence-electron chi connectivity index (χ3n) is 3.28. The van der Waals surface area contributed by atoms with E-state index >= 15 is 0 Å². The second-order valence-corrected chi connectivity index (χ2v) is 7.85. The first kappa shape index (κ1) is 16.1. The fraction of sp³-hybridized carbons (Fsp3) is 0.571. The SMILES string of the molecule is CN[C@H](CN(C)S(=O)(=O)c1ccccc1)C(C)(C)C. The van der Waals surface area contributed by atoms with Gasteiger partial charge in [-0.05, 0) is 24.6 Å². The minimum absolute atomic E-state index is 0.00474. The zero-order chi connectivity index (χ0) is 14.7. The van der Waals surface area contributed by atoms with Crippen LogP contribution in [0.3, 0.4) is 0 Å². The van der Waals surface area contributed by atoms with Gasteiger partial charge in [0, 0.05) is 19.6 Å². The van der Waals surface area contributed by atoms with Crippen LogP contribution in [-0.2, 0) is 10.0 Å². The van der Waals surface area contributed by atoms with Gasteiger partial charge < -0.3 is 5.32 Å². The minimum atomic E-state index is -3.41. The Morgan fingerprint density at radius 3 is 2.16 bits per heavy atom. The van der Waals surface area contributed by atoms with E-state index in [1.165, 1.54) is 4.31 Å². The molecule has 0 fully saturated rings. The van der Waals surface area contributed by atoms with Crippen molar-refractivity contribution in [2.24, 2.45) is 5.41 Å². The number of nitrogens with zero attached hydrogens (tertiary/aromatic N) is 1. The number of likely N-dealkylation sites (N-methyl/N-ethyl adjacent to an activating group) is 2. The van der Waals surface area contributed by atoms with Crippen LogP contribution in [0.4, 0.5) is 0 Å². The van der Waals surface area contributed by atoms with E-state index in [4.69, 9.17) is 0 Å². The highest BCUT2D eigenvalue weighted by atomic mass is 32.2. The number of hydrogen-bond donors (Lipinski definition) is 1. The van der Waals surface area contributed by atoms with Crippen molar-refractivity contribution in [3.05, 3.63) is 30.3 Å². The minimum Gasteiger partial charge on any atom is -0.315 e. The molecular weight excluding hydrogens is 260 g/mol. The van der Waals surface area contributed by atoms with Crippen molar-refractivity contribution in [1.29, 1.82) is 0 Å². The van der Waals surface area contributed by atoms with Crippen LogP contribution in [0.15, 0.2) is 35.2 Å². The molecule has 0 aromatic heterocycles. The molecule has 5 heteroatoms. The summed E-state index contributed by atoms with van der Waals surface area (Å²) < 4.78 is 26.2. The van der Waals surface area contributed by atoms with Crippen molar-refractivity contribution < 1.29 is 8.42 Å². The lowest BCUT2D eigenvalue weighted by Crippen LogP contribution is -2.47. The molecular formula is C14H24N2O2S. The number of benzene rings is 1. The second kappa shape index (κ2) is 6.03. The maximum absolute atomic E-state index is 12.4. The lowest BCUT2D eigenvalue weighted by molar-refractivity contribution is 0.246. The molecule has 1 rings (SSSR count). The predicted octanol–water partition coefficient (Wildman–Crippen LogP) is 1.94. The van der Waals surface area contributed by atoms with Crippen LogP contribution in [0.25, 0.3) is 0 Å². The summed E-state index contributed by atoms with van der Waals surface area (Å²) in [5.74, 6) is 0. The van der Waals surface area contributed by atoms with Crippen LogP contribution in [0, 0.1) is 5.41 Å². The highest BCUT2D eigenvalue weighted by Gasteiger charge is 2.29. The first-order valence-electron chi connectivity index (χ1n) is 6.38. The Hall–Kier alpha value is -0.910. The van der Waals surface area contributed by atoms with E-state index in [9.17, 15) is 8.42 Å². The normalized spacial score (nSPS) is 14.6. The van der Waals surface area contributed by atoms with E-state index in [2.05, 4.69) is 26.1 Å². The summed E-state index contributed by atoms with van der Waals surface area (Å²) in [7, 11) is 0.0724. The molecule has 1 aromatic rings. The summed E-state index contributed by atoms with van der Waals surface area (Å²) in [4.78, 5) is 0.335. The molecule has 19 heavy (non-hydrogen) atoms. The topological polar surface area (TPSA) is 49.4 Å². The van der Waals surface area contributed by atoms with Crippen molar-refractivity contribution in [3.63, 3.8) is 0 Å². The zero-order valence-electron chi connectivity index (χ0n) is 12.3. The molecule has 1 N–H and O–H groups in total. The monoisotopic (exact) mass is 284 g/mol. The maximum atomic E-state index is 12.4. The van der Waals surface area contributed by atoms with Gasteiger partial charge in [0.15, 0.2) is 0 Å². The molecule has 0 radical (unpaired) electrons. The van der Waals surface area contributed by atoms with Gasteiger partial charge in [-0.3, -0.25) is 0 Å². The van der Waals surface area contributed by atoms with E-state index in [0.717, 1.165) is 0 Å². The lowest BCUT2D eigenvalue weighted by Gasteiger charge is -2.33. The molecule has 0 heterocycles. The van der Waals surface area contributed by atoms with Crippen molar-refractivity contribution in [3.8, 4) is 0 Å². The first-order valence-corrected chi connectivity index (χ1v) is 7.82. The van der Waals surface area contributed by atoms with E-state index in [0.29, 0.717) is 11.4 Å². The van der Waals surface area contributed by atoms with Gasteiger partial charge in [0.05, 0.1) is 4.90 Å². The summed E-state index contributed by atoms with van der Waals surface area (Å²) in [5, 5.41) is 3.19. The van der Waals surface area contributed by atoms with E-state index in [1.807, 2.05) is 13.1 Å². The molecule has 1 atom stereocenters. The van der Waals surface area contributed by atoms with Gasteiger partial charge in [0.1, 0.15) is 0 Å². The lowest BCUT2D eigenvalue weighted by atomic mass is 9.87. The van der Waals surface area contributed by atoms with Crippen LogP contribution in [0.1, 0.15) is 20.8 Å². The van der Waals surface area contributed by atoms with Crippen LogP contribution in [0.5, 0.6) is 0 Å². The van der Waals surface area contributed by atoms with E-state index in [1.54, 1.807) is 31.3 Å². The summed E-state index contributed by atoms with van der Waals surface area (Å²) in [6.45, 7) is 6.72. The fourth-order valence-electron chi connectivity index (χ4n) is 1.93. The molecule has 0 aliphatic carbocycles. The molecule has 108 valence electrons. The van der Waals surface area contributed by atoms with Gasteiger partial charge >= 0.3 is 0 Å². The van der Waals surface area contributed by atoms with Crippen LogP contribution in [0.2, 0.25) is 0 Å². The molecule has 1 aromatic carbocycles. The van der Waals surface area contributed by atoms with Gasteiger partial charge in [-0.25, -0.2) is 8.42 Å². The summed E-state index contributed by atoms with van der Waals surface area (Å²) in [6, 6.07) is 8.62. The maximum Gasteiger partial charge on any atom is 0.242 e. The van der Waals surface area contributed by atoms with Gasteiger partial charge in [-0.15, -0.1) is 0 Å². The van der Waals surface area contributed by atoms with E-state index < -0.39 is 10.0 Å². The number of nitrogens with one attached hydrogen (secondary N) is 1. The Labute approximate surface area is 116 Å². The van der Waals surface area contributed by atoms with Crippen LogP contribution < -0.4 is 5.32 Å². The van der Waals surface area contributed by atoms with E-state index in [-0.39, 0.29) is 11.5 Å². The molecule has 0 aliphatic heterocycles. The molecule has 0 bridgehead atoms. The number of hydrogen-bond acceptors (Lipinski definition) is 3. The fourth-order valence-corrected chi connectivity index (χ4v) is 3.13. The Kier molecular flexibility index (Phi) is 5.12. The molecule has 0 spiro atoms. The molecule has 0 unspecified atom stereocenters. The first-order chi connectivity index (χ1) is 8.69. The number of rotatable bonds is 5. The van der Waals surface area contributed by atoms with Gasteiger partial charge in [0.2, 0.25) is 10.0 Å². The van der Waals surface area contributed by atoms with Crippen molar-refractivity contribution in [2.75, 3.05) is 20.6 Å². The standard InChI is InChI=1S/C14H24N2O2S/c1-14(2,3)13(15-4)11-16(5)19(17,18)12-9-7-6-8-10-12/h6-10,13,15H,11H2,1-5H3/t13-/m1/s1. The summed E-state index contributed by atoms with van der Waals surface area (Å²) >= 11 is 0. The van der Waals surface area contributed by atoms with Crippen LogP contribution in [-0.4, -0.2) is 39.4 Å². The smallest absolute Gasteiger partial charge is 0.242 e. The quantitative estimate of drug-likeness (QED) is 0.899. The van der Waals surface area contributed by atoms with Gasteiger partial charge in [-0.2, -0.15) is 4.31 Å². The highest BCUT2D eigenvalue weighted by molar-refractivity contribution is 7.89. The Balaban J connectivity index is 2.92. The Morgan fingerprint density at radius 1 is 1.21 bits per heavy atom. The summed E-state index contributed by atoms with van der Waals surface area (Å²) in [5.41, 5.74) is -0.00474. The van der Waals surface area contributed by atoms with Gasteiger partial charge in [-0.1, -0.05) is 39.0 Å². The molecule has 0 aliphatic rings. The number of sulfonamides is 1. The Bertz CT molecular complexity index is 492. The predicted molar refractivity (Wildman–Crippen MR) is 78.6 cm³/mol. The highest BCUT2D eigenvalue weighted by Crippen LogP contribution is 2.22. The average Bonchev–Trinajstić information content (AvgIpc) is 2.35. The molecule has 0 saturated heterocycles. The van der Waals surface area contributed by atoms with Crippen molar-refractivity contribution in [2.45, 2.75) is 31.7 Å². The third kappa shape index (κ3) is 4.03. The average molecular weight is 284 g/mol. The van der Waals surface area contributed by atoms with Crippen molar-refractivity contribution in [1.82, 2.24) is 9.62 Å². The van der Waals surface area contributed by atoms with Crippen LogP contribution >= 0.6 is 0 Å². The molecule has 0 saturated carbocycles.